The van der Waals surface area contributed by atoms with Crippen LogP contribution in [0.1, 0.15) is 83.1 Å². The van der Waals surface area contributed by atoms with E-state index in [0.29, 0.717) is 67.0 Å². The Labute approximate surface area is 339 Å². The number of fused-ring (bicyclic) bond motifs is 2. The molecule has 0 bridgehead atoms. The summed E-state index contributed by atoms with van der Waals surface area (Å²) < 4.78 is 12.2. The third kappa shape index (κ3) is 10.5. The highest BCUT2D eigenvalue weighted by Crippen LogP contribution is 2.28. The van der Waals surface area contributed by atoms with Gasteiger partial charge in [-0.3, -0.25) is 14.7 Å². The summed E-state index contributed by atoms with van der Waals surface area (Å²) in [7, 11) is 0. The van der Waals surface area contributed by atoms with Crippen LogP contribution in [-0.4, -0.2) is 78.2 Å². The number of amides is 1. The number of benzene rings is 4. The van der Waals surface area contributed by atoms with Gasteiger partial charge in [0.1, 0.15) is 34.6 Å². The van der Waals surface area contributed by atoms with E-state index in [2.05, 4.69) is 40.6 Å². The molecule has 0 spiro atoms. The molecular weight excluding hydrogens is 729 g/mol. The Kier molecular flexibility index (Phi) is 13.6. The van der Waals surface area contributed by atoms with Crippen LogP contribution < -0.4 is 9.47 Å². The molecule has 0 saturated carbocycles. The molecule has 2 aromatic heterocycles. The van der Waals surface area contributed by atoms with Crippen molar-refractivity contribution >= 4 is 51.8 Å². The predicted molar refractivity (Wildman–Crippen MR) is 232 cm³/mol. The molecule has 13 nitrogen and oxygen atoms in total. The van der Waals surface area contributed by atoms with Gasteiger partial charge in [0, 0.05) is 67.8 Å². The van der Waals surface area contributed by atoms with Crippen molar-refractivity contribution in [3.8, 4) is 23.0 Å². The number of hydrogen-bond acceptors (Lipinski definition) is 10. The van der Waals surface area contributed by atoms with E-state index in [0.717, 1.165) is 57.7 Å². The van der Waals surface area contributed by atoms with Gasteiger partial charge in [0.2, 0.25) is 5.91 Å². The smallest absolute Gasteiger partial charge is 0.220 e. The number of hydrogen-bond donors (Lipinski definition) is 5. The Hall–Kier alpha value is -6.47. The fraction of sp³-hybridized carbons (Fsp3) is 0.311. The number of rotatable bonds is 20. The molecule has 0 aliphatic heterocycles. The highest BCUT2D eigenvalue weighted by molar-refractivity contribution is 6.05. The van der Waals surface area contributed by atoms with Gasteiger partial charge in [0.25, 0.3) is 0 Å². The molecule has 13 heteroatoms. The van der Waals surface area contributed by atoms with Gasteiger partial charge < -0.3 is 40.6 Å². The number of imidazole rings is 2. The van der Waals surface area contributed by atoms with Crippen molar-refractivity contribution in [2.45, 2.75) is 85.5 Å². The van der Waals surface area contributed by atoms with Crippen molar-refractivity contribution in [2.75, 3.05) is 6.67 Å². The van der Waals surface area contributed by atoms with E-state index < -0.39 is 0 Å². The number of aliphatic imine (C=N–C) groups is 1. The monoisotopic (exact) mass is 780 g/mol. The zero-order valence-electron chi connectivity index (χ0n) is 33.8. The molecule has 0 saturated heterocycles. The lowest BCUT2D eigenvalue weighted by Crippen LogP contribution is -2.36. The van der Waals surface area contributed by atoms with Gasteiger partial charge in [-0.15, -0.1) is 0 Å². The number of carbonyl (C=O) groups excluding carboxylic acids is 1. The maximum Gasteiger partial charge on any atom is 0.220 e. The van der Waals surface area contributed by atoms with Gasteiger partial charge >= 0.3 is 0 Å². The molecule has 1 amide bonds. The van der Waals surface area contributed by atoms with E-state index in [1.165, 1.54) is 6.21 Å². The fourth-order valence-electron chi connectivity index (χ4n) is 6.49. The summed E-state index contributed by atoms with van der Waals surface area (Å²) in [6, 6.07) is 26.7. The normalized spacial score (nSPS) is 12.6. The van der Waals surface area contributed by atoms with Crippen molar-refractivity contribution in [1.29, 1.82) is 16.2 Å². The van der Waals surface area contributed by atoms with E-state index in [9.17, 15) is 4.79 Å². The Morgan fingerprint density at radius 2 is 1.21 bits per heavy atom. The summed E-state index contributed by atoms with van der Waals surface area (Å²) in [6.07, 6.45) is 5.55. The third-order valence-electron chi connectivity index (χ3n) is 10.3. The Bertz CT molecular complexity index is 2400. The number of carbonyl (C=O) groups is 1. The molecule has 58 heavy (non-hydrogen) atoms. The lowest BCUT2D eigenvalue weighted by atomic mass is 10.1. The minimum atomic E-state index is 0.0232. The Morgan fingerprint density at radius 3 is 1.69 bits per heavy atom. The number of nitrogens with zero attached hydrogens (tertiary/aromatic N) is 5. The molecule has 2 atom stereocenters. The standard InChI is InChI=1S/C45H52N10O3/c1-6-29(3)54(26-44-50-40-18-16-36(24-42(40)52-44)57-34-12-8-32(9-13-34)38(47)20-22-46)28-49-23-21-39(48)33-10-14-35(15-11-33)58-37-17-19-41-43(25-37)53-45(51-41)27-55(31(5)56)30(4)7-2/h8-19,22-25,29-30,46-48H,6-7,20-21,26-28H2,1-5H3,(H,50,52)(H,51,53). The van der Waals surface area contributed by atoms with Gasteiger partial charge in [-0.25, -0.2) is 9.97 Å². The summed E-state index contributed by atoms with van der Waals surface area (Å²) in [5.74, 6) is 4.25. The second-order valence-corrected chi connectivity index (χ2v) is 14.5. The highest BCUT2D eigenvalue weighted by Gasteiger charge is 2.18. The minimum absolute atomic E-state index is 0.0232. The van der Waals surface area contributed by atoms with Gasteiger partial charge in [-0.05, 0) is 111 Å². The molecular formula is C45H52N10O3. The average Bonchev–Trinajstić information content (AvgIpc) is 3.83. The Morgan fingerprint density at radius 1 is 0.724 bits per heavy atom. The van der Waals surface area contributed by atoms with Gasteiger partial charge in [0.05, 0.1) is 41.8 Å². The topological polar surface area (TPSA) is 183 Å². The van der Waals surface area contributed by atoms with E-state index in [1.54, 1.807) is 13.1 Å². The number of H-pyrrole nitrogens is 2. The van der Waals surface area contributed by atoms with Crippen LogP contribution in [0.15, 0.2) is 89.9 Å². The maximum atomic E-state index is 12.2. The van der Waals surface area contributed by atoms with Crippen LogP contribution >= 0.6 is 0 Å². The molecule has 4 aromatic carbocycles. The molecule has 6 aromatic rings. The molecule has 0 radical (unpaired) electrons. The van der Waals surface area contributed by atoms with Crippen molar-refractivity contribution in [3.05, 3.63) is 108 Å². The van der Waals surface area contributed by atoms with E-state index in [-0.39, 0.29) is 18.0 Å². The molecule has 6 rings (SSSR count). The molecule has 0 fully saturated rings. The zero-order chi connectivity index (χ0) is 41.2. The molecule has 5 N–H and O–H groups in total. The van der Waals surface area contributed by atoms with Crippen LogP contribution in [0, 0.1) is 16.2 Å². The van der Waals surface area contributed by atoms with Gasteiger partial charge in [-0.1, -0.05) is 13.8 Å². The minimum Gasteiger partial charge on any atom is -0.457 e. The SMILES string of the molecule is CCC(C)N(CN=CCC(=N)c1ccc(Oc2ccc3nc(CN(C(C)=O)C(C)CC)[nH]c3c2)cc1)Cc1nc2ccc(Oc3ccc(C(=N)CC=N)cc3)cc2[nH]1. The summed E-state index contributed by atoms with van der Waals surface area (Å²) in [5, 5.41) is 23.9. The summed E-state index contributed by atoms with van der Waals surface area (Å²) in [5.41, 5.74) is 5.78. The number of ether oxygens (including phenoxy) is 2. The number of aromatic amines is 2. The first-order chi connectivity index (χ1) is 28.0. The largest absolute Gasteiger partial charge is 0.457 e. The summed E-state index contributed by atoms with van der Waals surface area (Å²) in [4.78, 5) is 37.3. The van der Waals surface area contributed by atoms with Gasteiger partial charge in [0.15, 0.2) is 0 Å². The van der Waals surface area contributed by atoms with Crippen molar-refractivity contribution in [3.63, 3.8) is 0 Å². The number of aromatic nitrogens is 4. The van der Waals surface area contributed by atoms with Crippen molar-refractivity contribution in [2.24, 2.45) is 4.99 Å². The first kappa shape index (κ1) is 41.2. The van der Waals surface area contributed by atoms with Crippen molar-refractivity contribution in [1.82, 2.24) is 29.7 Å². The molecule has 300 valence electrons. The van der Waals surface area contributed by atoms with Crippen LogP contribution in [0.5, 0.6) is 23.0 Å². The number of nitrogens with one attached hydrogen (secondary N) is 5. The average molecular weight is 781 g/mol. The van der Waals surface area contributed by atoms with Crippen LogP contribution in [-0.2, 0) is 17.9 Å². The lowest BCUT2D eigenvalue weighted by molar-refractivity contribution is -0.131. The van der Waals surface area contributed by atoms with Crippen LogP contribution in [0.4, 0.5) is 0 Å². The summed E-state index contributed by atoms with van der Waals surface area (Å²) in [6.45, 7) is 11.5. The fourth-order valence-corrected chi connectivity index (χ4v) is 6.49. The van der Waals surface area contributed by atoms with Crippen molar-refractivity contribution < 1.29 is 14.3 Å². The zero-order valence-corrected chi connectivity index (χ0v) is 33.8. The molecule has 2 heterocycles. The summed E-state index contributed by atoms with van der Waals surface area (Å²) >= 11 is 0. The molecule has 2 unspecified atom stereocenters. The van der Waals surface area contributed by atoms with Crippen LogP contribution in [0.3, 0.4) is 0 Å². The molecule has 0 aliphatic carbocycles. The first-order valence-corrected chi connectivity index (χ1v) is 19.7. The Balaban J connectivity index is 1.01. The van der Waals surface area contributed by atoms with E-state index >= 15 is 0 Å². The molecule has 0 aliphatic rings. The van der Waals surface area contributed by atoms with E-state index in [4.69, 9.17) is 35.7 Å². The van der Waals surface area contributed by atoms with Gasteiger partial charge in [-0.2, -0.15) is 0 Å². The second-order valence-electron chi connectivity index (χ2n) is 14.5. The van der Waals surface area contributed by atoms with Crippen LogP contribution in [0.25, 0.3) is 22.1 Å². The predicted octanol–water partition coefficient (Wildman–Crippen LogP) is 9.67. The maximum absolute atomic E-state index is 12.2. The van der Waals surface area contributed by atoms with Crippen LogP contribution in [0.2, 0.25) is 0 Å². The third-order valence-corrected chi connectivity index (χ3v) is 10.3. The second kappa shape index (κ2) is 19.1. The quantitative estimate of drug-likeness (QED) is 0.0481. The lowest BCUT2D eigenvalue weighted by Gasteiger charge is -2.26. The highest BCUT2D eigenvalue weighted by atomic mass is 16.5. The van der Waals surface area contributed by atoms with E-state index in [1.807, 2.05) is 96.8 Å². The first-order valence-electron chi connectivity index (χ1n) is 19.7.